The second kappa shape index (κ2) is 4.36. The Morgan fingerprint density at radius 1 is 1.16 bits per heavy atom. The molecule has 1 aliphatic carbocycles. The van der Waals surface area contributed by atoms with Crippen LogP contribution in [0.25, 0.3) is 0 Å². The van der Waals surface area contributed by atoms with Crippen LogP contribution in [0.4, 0.5) is 0 Å². The van der Waals surface area contributed by atoms with E-state index < -0.39 is 42.6 Å². The fourth-order valence-corrected chi connectivity index (χ4v) is 3.13. The zero-order chi connectivity index (χ0) is 13.9. The average molecular weight is 276 g/mol. The second-order valence-electron chi connectivity index (χ2n) is 5.81. The van der Waals surface area contributed by atoms with Gasteiger partial charge in [-0.15, -0.1) is 0 Å². The van der Waals surface area contributed by atoms with E-state index in [9.17, 15) is 20.4 Å². The van der Waals surface area contributed by atoms with Crippen LogP contribution in [0.3, 0.4) is 0 Å². The largest absolute Gasteiger partial charge is 0.393 e. The Morgan fingerprint density at radius 3 is 2.32 bits per heavy atom. The molecule has 0 bridgehead atoms. The van der Waals surface area contributed by atoms with E-state index in [0.29, 0.717) is 6.42 Å². The summed E-state index contributed by atoms with van der Waals surface area (Å²) in [5, 5.41) is 39.2. The fraction of sp³-hybridized carbons (Fsp3) is 1.00. The van der Waals surface area contributed by atoms with Crippen molar-refractivity contribution in [3.63, 3.8) is 0 Å². The van der Waals surface area contributed by atoms with Gasteiger partial charge >= 0.3 is 0 Å². The first kappa shape index (κ1) is 13.7. The van der Waals surface area contributed by atoms with Crippen LogP contribution in [0.1, 0.15) is 20.3 Å². The smallest absolute Gasteiger partial charge is 0.197 e. The van der Waals surface area contributed by atoms with E-state index in [-0.39, 0.29) is 12.0 Å². The summed E-state index contributed by atoms with van der Waals surface area (Å²) >= 11 is 0. The lowest BCUT2D eigenvalue weighted by atomic mass is 9.77. The molecular weight excluding hydrogens is 256 g/mol. The van der Waals surface area contributed by atoms with E-state index in [1.54, 1.807) is 6.92 Å². The van der Waals surface area contributed by atoms with E-state index >= 15 is 0 Å². The van der Waals surface area contributed by atoms with Crippen LogP contribution in [0.5, 0.6) is 0 Å². The standard InChI is InChI=1S/C12H20O7/c1-4-8(14)10(16)12(2,18-4)19-11-9(15)7-5(13)3-6(7)17-11/h4-11,13-16H,3H2,1-2H3/t4-,5-,6?,7+,8-,9-,10+,11?,12+/m1/s1. The van der Waals surface area contributed by atoms with Crippen molar-refractivity contribution < 1.29 is 34.6 Å². The quantitative estimate of drug-likeness (QED) is 0.477. The van der Waals surface area contributed by atoms with Gasteiger partial charge in [-0.05, 0) is 13.8 Å². The Hall–Kier alpha value is -0.280. The predicted octanol–water partition coefficient (Wildman–Crippen LogP) is -1.67. The monoisotopic (exact) mass is 276 g/mol. The van der Waals surface area contributed by atoms with E-state index in [0.717, 1.165) is 0 Å². The molecule has 7 heteroatoms. The number of rotatable bonds is 2. The molecule has 4 N–H and O–H groups in total. The third kappa shape index (κ3) is 1.92. The summed E-state index contributed by atoms with van der Waals surface area (Å²) in [7, 11) is 0. The van der Waals surface area contributed by atoms with Gasteiger partial charge in [0.15, 0.2) is 12.1 Å². The van der Waals surface area contributed by atoms with E-state index in [2.05, 4.69) is 0 Å². The molecule has 2 unspecified atom stereocenters. The summed E-state index contributed by atoms with van der Waals surface area (Å²) in [6.45, 7) is 3.12. The SMILES string of the molecule is C[C@H]1O[C@@](C)(OC2OC3C[C@@H](O)[C@@H]3[C@H]2O)[C@@H](O)[C@@H]1O. The zero-order valence-electron chi connectivity index (χ0n) is 10.8. The molecule has 110 valence electrons. The summed E-state index contributed by atoms with van der Waals surface area (Å²) in [6.07, 6.45) is -5.10. The minimum absolute atomic E-state index is 0.223. The van der Waals surface area contributed by atoms with Crippen LogP contribution in [0, 0.1) is 5.92 Å². The lowest BCUT2D eigenvalue weighted by Gasteiger charge is -2.35. The van der Waals surface area contributed by atoms with Gasteiger partial charge in [-0.2, -0.15) is 0 Å². The van der Waals surface area contributed by atoms with Crippen molar-refractivity contribution in [1.29, 1.82) is 0 Å². The highest BCUT2D eigenvalue weighted by Crippen LogP contribution is 2.44. The van der Waals surface area contributed by atoms with Gasteiger partial charge in [-0.1, -0.05) is 0 Å². The molecular formula is C12H20O7. The summed E-state index contributed by atoms with van der Waals surface area (Å²) in [5.74, 6) is -1.78. The Balaban J connectivity index is 1.69. The normalized spacial score (nSPS) is 60.9. The number of fused-ring (bicyclic) bond motifs is 1. The molecule has 19 heavy (non-hydrogen) atoms. The van der Waals surface area contributed by atoms with Gasteiger partial charge in [0.05, 0.1) is 18.3 Å². The van der Waals surface area contributed by atoms with E-state index in [1.807, 2.05) is 0 Å². The van der Waals surface area contributed by atoms with Gasteiger partial charge in [-0.25, -0.2) is 0 Å². The van der Waals surface area contributed by atoms with Gasteiger partial charge < -0.3 is 34.6 Å². The molecule has 7 nitrogen and oxygen atoms in total. The highest BCUT2D eigenvalue weighted by atomic mass is 16.8. The van der Waals surface area contributed by atoms with Crippen LogP contribution < -0.4 is 0 Å². The molecule has 0 spiro atoms. The van der Waals surface area contributed by atoms with Crippen molar-refractivity contribution >= 4 is 0 Å². The van der Waals surface area contributed by atoms with Crippen LogP contribution in [0.15, 0.2) is 0 Å². The first-order chi connectivity index (χ1) is 8.83. The first-order valence-electron chi connectivity index (χ1n) is 6.57. The maximum Gasteiger partial charge on any atom is 0.197 e. The Labute approximate surface area is 110 Å². The molecule has 2 aliphatic heterocycles. The maximum atomic E-state index is 10.0. The van der Waals surface area contributed by atoms with Crippen LogP contribution in [0.2, 0.25) is 0 Å². The van der Waals surface area contributed by atoms with E-state index in [4.69, 9.17) is 14.2 Å². The Kier molecular flexibility index (Phi) is 3.14. The third-order valence-corrected chi connectivity index (χ3v) is 4.44. The van der Waals surface area contributed by atoms with Crippen molar-refractivity contribution in [2.45, 2.75) is 69.0 Å². The topological polar surface area (TPSA) is 109 Å². The summed E-state index contributed by atoms with van der Waals surface area (Å²) in [6, 6.07) is 0. The molecule has 1 saturated carbocycles. The molecule has 3 fully saturated rings. The molecule has 2 heterocycles. The molecule has 0 radical (unpaired) electrons. The summed E-state index contributed by atoms with van der Waals surface area (Å²) in [4.78, 5) is 0. The molecule has 0 aromatic carbocycles. The Morgan fingerprint density at radius 2 is 1.84 bits per heavy atom. The number of hydrogen-bond acceptors (Lipinski definition) is 7. The average Bonchev–Trinajstić information content (AvgIpc) is 2.67. The van der Waals surface area contributed by atoms with Crippen LogP contribution in [-0.2, 0) is 14.2 Å². The number of ether oxygens (including phenoxy) is 3. The molecule has 3 rings (SSSR count). The van der Waals surface area contributed by atoms with Gasteiger partial charge in [0.2, 0.25) is 0 Å². The summed E-state index contributed by atoms with van der Waals surface area (Å²) < 4.78 is 16.4. The fourth-order valence-electron chi connectivity index (χ4n) is 3.13. The van der Waals surface area contributed by atoms with Crippen molar-refractivity contribution in [3.8, 4) is 0 Å². The van der Waals surface area contributed by atoms with Gasteiger partial charge in [0, 0.05) is 12.3 Å². The van der Waals surface area contributed by atoms with Crippen molar-refractivity contribution in [2.24, 2.45) is 5.92 Å². The lowest BCUT2D eigenvalue weighted by molar-refractivity contribution is -0.320. The minimum Gasteiger partial charge on any atom is -0.393 e. The summed E-state index contributed by atoms with van der Waals surface area (Å²) in [5.41, 5.74) is 0. The van der Waals surface area contributed by atoms with Crippen LogP contribution >= 0.6 is 0 Å². The number of aliphatic hydroxyl groups is 4. The van der Waals surface area contributed by atoms with Crippen LogP contribution in [-0.4, -0.2) is 69.1 Å². The highest BCUT2D eigenvalue weighted by Gasteiger charge is 2.59. The number of aliphatic hydroxyl groups excluding tert-OH is 4. The first-order valence-corrected chi connectivity index (χ1v) is 6.57. The third-order valence-electron chi connectivity index (χ3n) is 4.44. The van der Waals surface area contributed by atoms with E-state index in [1.165, 1.54) is 6.92 Å². The molecule has 0 aromatic rings. The zero-order valence-corrected chi connectivity index (χ0v) is 10.8. The second-order valence-corrected chi connectivity index (χ2v) is 5.81. The molecule has 9 atom stereocenters. The maximum absolute atomic E-state index is 10.0. The number of hydrogen-bond donors (Lipinski definition) is 4. The molecule has 0 aromatic heterocycles. The lowest BCUT2D eigenvalue weighted by Crippen LogP contribution is -2.49. The van der Waals surface area contributed by atoms with Gasteiger partial charge in [0.1, 0.15) is 18.3 Å². The molecule has 2 saturated heterocycles. The van der Waals surface area contributed by atoms with Crippen molar-refractivity contribution in [3.05, 3.63) is 0 Å². The van der Waals surface area contributed by atoms with Crippen molar-refractivity contribution in [2.75, 3.05) is 0 Å². The predicted molar refractivity (Wildman–Crippen MR) is 60.8 cm³/mol. The Bertz CT molecular complexity index is 364. The van der Waals surface area contributed by atoms with Gasteiger partial charge in [0.25, 0.3) is 0 Å². The molecule has 0 amide bonds. The highest BCUT2D eigenvalue weighted by molar-refractivity contribution is 5.02. The van der Waals surface area contributed by atoms with Crippen molar-refractivity contribution in [1.82, 2.24) is 0 Å². The van der Waals surface area contributed by atoms with Gasteiger partial charge in [-0.3, -0.25) is 0 Å². The minimum atomic E-state index is -1.43. The molecule has 3 aliphatic rings.